The van der Waals surface area contributed by atoms with Crippen LogP contribution in [0.3, 0.4) is 0 Å². The Labute approximate surface area is 131 Å². The van der Waals surface area contributed by atoms with Gasteiger partial charge in [0.05, 0.1) is 31.5 Å². The molecule has 0 unspecified atom stereocenters. The van der Waals surface area contributed by atoms with Crippen LogP contribution in [0.25, 0.3) is 0 Å². The maximum absolute atomic E-state index is 13.8. The van der Waals surface area contributed by atoms with Gasteiger partial charge in [0.2, 0.25) is 0 Å². The standard InChI is InChI=1S/C14H14ClFN2O4/c1-22-14(21)9-7-18(4-5-19)13(20)12(9)17-11-3-2-8(15)6-10(11)16/h2-3,6,17,19H,4-5,7H2,1H3. The highest BCUT2D eigenvalue weighted by molar-refractivity contribution is 6.30. The van der Waals surface area contributed by atoms with Gasteiger partial charge in [-0.1, -0.05) is 11.6 Å². The molecule has 1 aliphatic rings. The maximum atomic E-state index is 13.8. The van der Waals surface area contributed by atoms with E-state index in [9.17, 15) is 14.0 Å². The fraction of sp³-hybridized carbons (Fsp3) is 0.286. The van der Waals surface area contributed by atoms with Gasteiger partial charge in [-0.25, -0.2) is 9.18 Å². The van der Waals surface area contributed by atoms with Crippen molar-refractivity contribution >= 4 is 29.2 Å². The van der Waals surface area contributed by atoms with Crippen LogP contribution in [0.15, 0.2) is 29.5 Å². The number of methoxy groups -OCH3 is 1. The fourth-order valence-corrected chi connectivity index (χ4v) is 2.23. The van der Waals surface area contributed by atoms with Gasteiger partial charge in [0.15, 0.2) is 0 Å². The number of nitrogens with one attached hydrogen (secondary N) is 1. The van der Waals surface area contributed by atoms with E-state index in [1.807, 2.05) is 0 Å². The first kappa shape index (κ1) is 16.3. The number of esters is 1. The van der Waals surface area contributed by atoms with Gasteiger partial charge in [-0.15, -0.1) is 0 Å². The molecule has 1 aromatic rings. The lowest BCUT2D eigenvalue weighted by Gasteiger charge is -2.15. The third kappa shape index (κ3) is 3.20. The Morgan fingerprint density at radius 1 is 1.55 bits per heavy atom. The van der Waals surface area contributed by atoms with Crippen molar-refractivity contribution in [2.45, 2.75) is 0 Å². The molecule has 0 saturated carbocycles. The Kier molecular flexibility index (Phi) is 4.99. The van der Waals surface area contributed by atoms with Crippen molar-refractivity contribution in [3.8, 4) is 0 Å². The van der Waals surface area contributed by atoms with Gasteiger partial charge in [-0.05, 0) is 18.2 Å². The summed E-state index contributed by atoms with van der Waals surface area (Å²) in [5.74, 6) is -1.85. The third-order valence-electron chi connectivity index (χ3n) is 3.14. The molecule has 1 amide bonds. The zero-order valence-corrected chi connectivity index (χ0v) is 12.5. The third-order valence-corrected chi connectivity index (χ3v) is 3.38. The van der Waals surface area contributed by atoms with Gasteiger partial charge < -0.3 is 20.1 Å². The van der Waals surface area contributed by atoms with Crippen molar-refractivity contribution in [1.82, 2.24) is 4.90 Å². The molecule has 118 valence electrons. The van der Waals surface area contributed by atoms with Crippen LogP contribution in [0.4, 0.5) is 10.1 Å². The van der Waals surface area contributed by atoms with E-state index in [-0.39, 0.29) is 41.7 Å². The van der Waals surface area contributed by atoms with Crippen LogP contribution in [0, 0.1) is 5.82 Å². The molecule has 22 heavy (non-hydrogen) atoms. The summed E-state index contributed by atoms with van der Waals surface area (Å²) in [6, 6.07) is 3.91. The number of nitrogens with zero attached hydrogens (tertiary/aromatic N) is 1. The molecule has 2 N–H and O–H groups in total. The Morgan fingerprint density at radius 3 is 2.86 bits per heavy atom. The summed E-state index contributed by atoms with van der Waals surface area (Å²) in [6.07, 6.45) is 0. The second-order valence-corrected chi connectivity index (χ2v) is 4.98. The van der Waals surface area contributed by atoms with Crippen LogP contribution in [0.5, 0.6) is 0 Å². The minimum Gasteiger partial charge on any atom is -0.466 e. The van der Waals surface area contributed by atoms with Crippen LogP contribution < -0.4 is 5.32 Å². The lowest BCUT2D eigenvalue weighted by atomic mass is 10.2. The van der Waals surface area contributed by atoms with Crippen LogP contribution in [-0.4, -0.2) is 48.7 Å². The highest BCUT2D eigenvalue weighted by Gasteiger charge is 2.34. The number of aliphatic hydroxyl groups excluding tert-OH is 1. The zero-order valence-electron chi connectivity index (χ0n) is 11.7. The summed E-state index contributed by atoms with van der Waals surface area (Å²) in [7, 11) is 1.19. The number of benzene rings is 1. The number of aliphatic hydroxyl groups is 1. The molecule has 0 aromatic heterocycles. The average molecular weight is 329 g/mol. The number of carbonyl (C=O) groups is 2. The van der Waals surface area contributed by atoms with E-state index in [1.54, 1.807) is 0 Å². The number of ether oxygens (including phenoxy) is 1. The molecule has 1 aliphatic heterocycles. The van der Waals surface area contributed by atoms with Crippen LogP contribution in [-0.2, 0) is 14.3 Å². The van der Waals surface area contributed by atoms with Crippen molar-refractivity contribution in [1.29, 1.82) is 0 Å². The van der Waals surface area contributed by atoms with Crippen molar-refractivity contribution in [3.05, 3.63) is 40.3 Å². The smallest absolute Gasteiger partial charge is 0.337 e. The molecular formula is C14H14ClFN2O4. The van der Waals surface area contributed by atoms with E-state index in [0.29, 0.717) is 0 Å². The molecule has 0 bridgehead atoms. The topological polar surface area (TPSA) is 78.9 Å². The van der Waals surface area contributed by atoms with Gasteiger partial charge in [-0.2, -0.15) is 0 Å². The number of β-amino-alcohol motifs (C(OH)–C–C–N with tert-alkyl or cyclic N) is 1. The average Bonchev–Trinajstić information content (AvgIpc) is 2.79. The Balaban J connectivity index is 2.34. The summed E-state index contributed by atoms with van der Waals surface area (Å²) in [6.45, 7) is -0.194. The number of carbonyl (C=O) groups excluding carboxylic acids is 2. The van der Waals surface area contributed by atoms with E-state index in [0.717, 1.165) is 6.07 Å². The van der Waals surface area contributed by atoms with E-state index in [4.69, 9.17) is 16.7 Å². The fourth-order valence-electron chi connectivity index (χ4n) is 2.07. The number of anilines is 1. The summed E-state index contributed by atoms with van der Waals surface area (Å²) >= 11 is 5.67. The highest BCUT2D eigenvalue weighted by Crippen LogP contribution is 2.25. The van der Waals surface area contributed by atoms with Crippen LogP contribution in [0.2, 0.25) is 5.02 Å². The molecule has 0 aliphatic carbocycles. The van der Waals surface area contributed by atoms with Crippen molar-refractivity contribution in [3.63, 3.8) is 0 Å². The largest absolute Gasteiger partial charge is 0.466 e. The first-order valence-electron chi connectivity index (χ1n) is 6.41. The molecule has 0 radical (unpaired) electrons. The Morgan fingerprint density at radius 2 is 2.27 bits per heavy atom. The Hall–Kier alpha value is -2.12. The monoisotopic (exact) mass is 328 g/mol. The minimum absolute atomic E-state index is 0.0103. The summed E-state index contributed by atoms with van der Waals surface area (Å²) in [5.41, 5.74) is 0.0248. The Bertz CT molecular complexity index is 648. The molecule has 0 fully saturated rings. The van der Waals surface area contributed by atoms with Gasteiger partial charge >= 0.3 is 5.97 Å². The minimum atomic E-state index is -0.689. The second kappa shape index (κ2) is 6.76. The van der Waals surface area contributed by atoms with Crippen molar-refractivity contribution < 1.29 is 23.8 Å². The molecule has 1 heterocycles. The predicted molar refractivity (Wildman–Crippen MR) is 77.7 cm³/mol. The molecule has 0 saturated heterocycles. The molecule has 1 aromatic carbocycles. The normalized spacial score (nSPS) is 14.5. The van der Waals surface area contributed by atoms with Crippen LogP contribution >= 0.6 is 11.6 Å². The molecule has 0 atom stereocenters. The number of hydrogen-bond acceptors (Lipinski definition) is 5. The molecule has 2 rings (SSSR count). The molecular weight excluding hydrogens is 315 g/mol. The van der Waals surface area contributed by atoms with E-state index in [2.05, 4.69) is 10.1 Å². The first-order valence-corrected chi connectivity index (χ1v) is 6.79. The van der Waals surface area contributed by atoms with E-state index < -0.39 is 17.7 Å². The van der Waals surface area contributed by atoms with Crippen LogP contribution in [0.1, 0.15) is 0 Å². The highest BCUT2D eigenvalue weighted by atomic mass is 35.5. The molecule has 6 nitrogen and oxygen atoms in total. The van der Waals surface area contributed by atoms with Gasteiger partial charge in [0, 0.05) is 11.6 Å². The number of halogens is 2. The predicted octanol–water partition coefficient (Wildman–Crippen LogP) is 1.15. The number of rotatable bonds is 5. The van der Waals surface area contributed by atoms with Crippen molar-refractivity contribution in [2.75, 3.05) is 32.1 Å². The van der Waals surface area contributed by atoms with E-state index >= 15 is 0 Å². The van der Waals surface area contributed by atoms with E-state index in [1.165, 1.54) is 24.1 Å². The SMILES string of the molecule is COC(=O)C1=C(Nc2ccc(Cl)cc2F)C(=O)N(CCO)C1. The zero-order chi connectivity index (χ0) is 16.3. The van der Waals surface area contributed by atoms with Gasteiger partial charge in [-0.3, -0.25) is 4.79 Å². The maximum Gasteiger partial charge on any atom is 0.337 e. The summed E-state index contributed by atoms with van der Waals surface area (Å²) in [5, 5.41) is 11.8. The quantitative estimate of drug-likeness (QED) is 0.793. The lowest BCUT2D eigenvalue weighted by molar-refractivity contribution is -0.136. The summed E-state index contributed by atoms with van der Waals surface area (Å²) in [4.78, 5) is 25.3. The second-order valence-electron chi connectivity index (χ2n) is 4.54. The lowest BCUT2D eigenvalue weighted by Crippen LogP contribution is -2.31. The van der Waals surface area contributed by atoms with Crippen molar-refractivity contribution in [2.24, 2.45) is 0 Å². The number of amides is 1. The number of hydrogen-bond donors (Lipinski definition) is 2. The first-order chi connectivity index (χ1) is 10.5. The molecule has 0 spiro atoms. The van der Waals surface area contributed by atoms with Gasteiger partial charge in [0.25, 0.3) is 5.91 Å². The molecule has 8 heteroatoms. The van der Waals surface area contributed by atoms with Gasteiger partial charge in [0.1, 0.15) is 11.5 Å². The summed E-state index contributed by atoms with van der Waals surface area (Å²) < 4.78 is 18.5.